The molecule has 0 aliphatic carbocycles. The van der Waals surface area contributed by atoms with Gasteiger partial charge in [-0.25, -0.2) is 10.8 Å². The maximum absolute atomic E-state index is 11.8. The topological polar surface area (TPSA) is 89.3 Å². The number of hydrogen-bond donors (Lipinski definition) is 3. The van der Waals surface area contributed by atoms with Crippen LogP contribution in [0, 0.1) is 0 Å². The lowest BCUT2D eigenvalue weighted by atomic mass is 10.2. The number of aromatic nitrogens is 1. The molecule has 4 N–H and O–H groups in total. The fourth-order valence-corrected chi connectivity index (χ4v) is 1.60. The summed E-state index contributed by atoms with van der Waals surface area (Å²) in [6, 6.07) is 3.01. The fraction of sp³-hybridized carbons (Fsp3) is 0.500. The third-order valence-electron chi connectivity index (χ3n) is 2.38. The van der Waals surface area contributed by atoms with Gasteiger partial charge in [0.2, 0.25) is 0 Å². The first kappa shape index (κ1) is 15.7. The molecule has 0 saturated carbocycles. The molecule has 1 heterocycles. The van der Waals surface area contributed by atoms with Crippen LogP contribution in [-0.4, -0.2) is 30.6 Å². The highest BCUT2D eigenvalue weighted by molar-refractivity contribution is 6.29. The van der Waals surface area contributed by atoms with E-state index in [1.807, 2.05) is 0 Å². The average molecular weight is 287 g/mol. The summed E-state index contributed by atoms with van der Waals surface area (Å²) in [7, 11) is 0. The predicted octanol–water partition coefficient (Wildman–Crippen LogP) is 1.57. The summed E-state index contributed by atoms with van der Waals surface area (Å²) in [6.07, 6.45) is 2.12. The molecule has 1 aromatic heterocycles. The van der Waals surface area contributed by atoms with Crippen molar-refractivity contribution in [3.63, 3.8) is 0 Å². The molecular formula is C12H19ClN4O2. The van der Waals surface area contributed by atoms with Crippen LogP contribution in [0.5, 0.6) is 0 Å². The minimum Gasteiger partial charge on any atom is -0.380 e. The summed E-state index contributed by atoms with van der Waals surface area (Å²) in [5.41, 5.74) is 2.76. The van der Waals surface area contributed by atoms with Gasteiger partial charge in [0.05, 0.1) is 6.61 Å². The molecule has 0 aliphatic heterocycles. The van der Waals surface area contributed by atoms with Gasteiger partial charge in [0, 0.05) is 18.7 Å². The molecule has 106 valence electrons. The van der Waals surface area contributed by atoms with Gasteiger partial charge in [0.15, 0.2) is 0 Å². The molecule has 0 bridgehead atoms. The van der Waals surface area contributed by atoms with Crippen molar-refractivity contribution in [1.82, 2.24) is 10.3 Å². The molecule has 0 atom stereocenters. The highest BCUT2D eigenvalue weighted by atomic mass is 35.5. The van der Waals surface area contributed by atoms with E-state index >= 15 is 0 Å². The van der Waals surface area contributed by atoms with Crippen molar-refractivity contribution in [2.45, 2.75) is 19.8 Å². The number of rotatable bonds is 8. The molecule has 1 amide bonds. The average Bonchev–Trinajstić information content (AvgIpc) is 2.41. The third-order valence-corrected chi connectivity index (χ3v) is 2.57. The molecule has 0 saturated heterocycles. The van der Waals surface area contributed by atoms with Crippen LogP contribution >= 0.6 is 11.6 Å². The second-order valence-corrected chi connectivity index (χ2v) is 4.32. The van der Waals surface area contributed by atoms with E-state index in [4.69, 9.17) is 22.2 Å². The second-order valence-electron chi connectivity index (χ2n) is 3.93. The van der Waals surface area contributed by atoms with Gasteiger partial charge >= 0.3 is 0 Å². The van der Waals surface area contributed by atoms with Crippen molar-refractivity contribution in [1.29, 1.82) is 0 Å². The number of anilines is 1. The Morgan fingerprint density at radius 3 is 2.95 bits per heavy atom. The van der Waals surface area contributed by atoms with Gasteiger partial charge in [0.25, 0.3) is 5.91 Å². The van der Waals surface area contributed by atoms with Gasteiger partial charge in [-0.05, 0) is 18.6 Å². The van der Waals surface area contributed by atoms with Crippen LogP contribution in [0.3, 0.4) is 0 Å². The van der Waals surface area contributed by atoms with Crippen molar-refractivity contribution in [2.24, 2.45) is 5.84 Å². The quantitative estimate of drug-likeness (QED) is 0.292. The van der Waals surface area contributed by atoms with Crippen LogP contribution in [0.15, 0.2) is 12.1 Å². The van der Waals surface area contributed by atoms with Crippen molar-refractivity contribution < 1.29 is 9.53 Å². The van der Waals surface area contributed by atoms with Crippen molar-refractivity contribution in [3.8, 4) is 0 Å². The first-order valence-corrected chi connectivity index (χ1v) is 6.55. The monoisotopic (exact) mass is 286 g/mol. The Morgan fingerprint density at radius 2 is 2.26 bits per heavy atom. The fourth-order valence-electron chi connectivity index (χ4n) is 1.39. The Labute approximate surface area is 117 Å². The highest BCUT2D eigenvalue weighted by Crippen LogP contribution is 2.13. The van der Waals surface area contributed by atoms with Gasteiger partial charge in [0.1, 0.15) is 11.0 Å². The molecule has 0 radical (unpaired) electrons. The third kappa shape index (κ3) is 5.87. The summed E-state index contributed by atoms with van der Waals surface area (Å²) in [6.45, 7) is 3.76. The zero-order chi connectivity index (χ0) is 14.1. The van der Waals surface area contributed by atoms with Crippen molar-refractivity contribution >= 4 is 23.3 Å². The van der Waals surface area contributed by atoms with E-state index in [0.717, 1.165) is 12.8 Å². The number of nitrogens with zero attached hydrogens (tertiary/aromatic N) is 1. The van der Waals surface area contributed by atoms with Gasteiger partial charge in [-0.2, -0.15) is 0 Å². The summed E-state index contributed by atoms with van der Waals surface area (Å²) >= 11 is 5.78. The van der Waals surface area contributed by atoms with Crippen molar-refractivity contribution in [2.75, 3.05) is 25.2 Å². The maximum atomic E-state index is 11.8. The number of carbonyl (C=O) groups excluding carboxylic acids is 1. The summed E-state index contributed by atoms with van der Waals surface area (Å²) in [5.74, 6) is 5.34. The van der Waals surface area contributed by atoms with E-state index in [1.165, 1.54) is 12.1 Å². The van der Waals surface area contributed by atoms with Gasteiger partial charge in [-0.15, -0.1) is 0 Å². The number of pyridine rings is 1. The number of nitrogen functional groups attached to an aromatic ring is 1. The first-order chi connectivity index (χ1) is 9.17. The smallest absolute Gasteiger partial charge is 0.251 e. The molecular weight excluding hydrogens is 268 g/mol. The SMILES string of the molecule is CCCCOCCNC(=O)c1cc(Cl)nc(NN)c1. The Morgan fingerprint density at radius 1 is 1.47 bits per heavy atom. The molecule has 6 nitrogen and oxygen atoms in total. The van der Waals surface area contributed by atoms with E-state index in [1.54, 1.807) is 0 Å². The number of nitrogens with two attached hydrogens (primary N) is 1. The minimum atomic E-state index is -0.236. The molecule has 0 aliphatic rings. The number of carbonyl (C=O) groups is 1. The van der Waals surface area contributed by atoms with E-state index in [0.29, 0.717) is 31.1 Å². The Hall–Kier alpha value is -1.37. The van der Waals surface area contributed by atoms with Crippen LogP contribution in [0.1, 0.15) is 30.1 Å². The van der Waals surface area contributed by atoms with Gasteiger partial charge in [-0.3, -0.25) is 4.79 Å². The summed E-state index contributed by atoms with van der Waals surface area (Å²) in [5, 5.41) is 2.94. The Bertz CT molecular complexity index is 415. The number of halogens is 1. The predicted molar refractivity (Wildman–Crippen MR) is 75.1 cm³/mol. The Kier molecular flexibility index (Phi) is 7.17. The normalized spacial score (nSPS) is 10.3. The molecule has 0 spiro atoms. The zero-order valence-electron chi connectivity index (χ0n) is 10.9. The molecule has 19 heavy (non-hydrogen) atoms. The van der Waals surface area contributed by atoms with E-state index in [9.17, 15) is 4.79 Å². The second kappa shape index (κ2) is 8.68. The van der Waals surface area contributed by atoms with Crippen LogP contribution < -0.4 is 16.6 Å². The van der Waals surface area contributed by atoms with Crippen LogP contribution in [-0.2, 0) is 4.74 Å². The Balaban J connectivity index is 2.39. The zero-order valence-corrected chi connectivity index (χ0v) is 11.7. The standard InChI is InChI=1S/C12H19ClN4O2/c1-2-3-5-19-6-4-15-12(18)9-7-10(13)16-11(8-9)17-14/h7-8H,2-6,14H2,1H3,(H,15,18)(H,16,17). The van der Waals surface area contributed by atoms with E-state index in [2.05, 4.69) is 22.7 Å². The number of amides is 1. The summed E-state index contributed by atoms with van der Waals surface area (Å²) in [4.78, 5) is 15.7. The van der Waals surface area contributed by atoms with Crippen molar-refractivity contribution in [3.05, 3.63) is 22.8 Å². The number of hydrazine groups is 1. The maximum Gasteiger partial charge on any atom is 0.251 e. The molecule has 0 unspecified atom stereocenters. The molecule has 0 aromatic carbocycles. The largest absolute Gasteiger partial charge is 0.380 e. The minimum absolute atomic E-state index is 0.208. The van der Waals surface area contributed by atoms with E-state index < -0.39 is 0 Å². The van der Waals surface area contributed by atoms with Crippen LogP contribution in [0.2, 0.25) is 5.15 Å². The van der Waals surface area contributed by atoms with Gasteiger partial charge < -0.3 is 15.5 Å². The number of unbranched alkanes of at least 4 members (excludes halogenated alkanes) is 1. The molecule has 1 rings (SSSR count). The lowest BCUT2D eigenvalue weighted by Gasteiger charge is -2.07. The highest BCUT2D eigenvalue weighted by Gasteiger charge is 2.08. The molecule has 0 fully saturated rings. The number of hydrogen-bond acceptors (Lipinski definition) is 5. The first-order valence-electron chi connectivity index (χ1n) is 6.17. The van der Waals surface area contributed by atoms with E-state index in [-0.39, 0.29) is 11.1 Å². The lowest BCUT2D eigenvalue weighted by Crippen LogP contribution is -2.27. The molecule has 7 heteroatoms. The number of nitrogens with one attached hydrogen (secondary N) is 2. The molecule has 1 aromatic rings. The van der Waals surface area contributed by atoms with Gasteiger partial charge in [-0.1, -0.05) is 24.9 Å². The number of ether oxygens (including phenoxy) is 1. The summed E-state index contributed by atoms with van der Waals surface area (Å²) < 4.78 is 5.34. The van der Waals surface area contributed by atoms with Crippen LogP contribution in [0.4, 0.5) is 5.82 Å². The van der Waals surface area contributed by atoms with Crippen LogP contribution in [0.25, 0.3) is 0 Å². The lowest BCUT2D eigenvalue weighted by molar-refractivity contribution is 0.0912.